The molecule has 1 aromatic rings. The maximum atomic E-state index is 11.2. The largest absolute Gasteiger partial charge is 0.359 e. The lowest BCUT2D eigenvalue weighted by atomic mass is 10.3. The maximum absolute atomic E-state index is 11.2. The number of aromatic nitrogens is 1. The molecule has 0 unspecified atom stereocenters. The molecule has 13 heavy (non-hydrogen) atoms. The van der Waals surface area contributed by atoms with Gasteiger partial charge in [-0.25, -0.2) is 0 Å². The fourth-order valence-electron chi connectivity index (χ4n) is 0.850. The first-order valence-corrected chi connectivity index (χ1v) is 3.87. The van der Waals surface area contributed by atoms with Crippen molar-refractivity contribution in [3.05, 3.63) is 24.0 Å². The van der Waals surface area contributed by atoms with E-state index in [9.17, 15) is 9.59 Å². The minimum atomic E-state index is -0.333. The molecule has 0 atom stereocenters. The van der Waals surface area contributed by atoms with Crippen LogP contribution in [-0.2, 0) is 4.79 Å². The predicted molar refractivity (Wildman–Crippen MR) is 47.2 cm³/mol. The molecule has 0 bridgehead atoms. The van der Waals surface area contributed by atoms with Crippen LogP contribution in [0.5, 0.6) is 0 Å². The number of H-pyrrole nitrogens is 1. The molecule has 0 spiro atoms. The van der Waals surface area contributed by atoms with Crippen LogP contribution in [0.1, 0.15) is 10.5 Å². The smallest absolute Gasteiger partial charge is 0.234 e. The highest BCUT2D eigenvalue weighted by molar-refractivity contribution is 5.97. The number of rotatable bonds is 4. The number of nitrogens with two attached hydrogens (primary N) is 1. The van der Waals surface area contributed by atoms with Crippen LogP contribution in [-0.4, -0.2) is 29.8 Å². The molecule has 0 saturated heterocycles. The summed E-state index contributed by atoms with van der Waals surface area (Å²) < 4.78 is 0. The summed E-state index contributed by atoms with van der Waals surface area (Å²) in [6, 6.07) is 3.37. The van der Waals surface area contributed by atoms with Gasteiger partial charge in [0.25, 0.3) is 0 Å². The predicted octanol–water partition coefficient (Wildman–Crippen LogP) is -0.728. The fourth-order valence-corrected chi connectivity index (χ4v) is 0.850. The summed E-state index contributed by atoms with van der Waals surface area (Å²) in [7, 11) is 0. The van der Waals surface area contributed by atoms with E-state index in [1.54, 1.807) is 18.3 Å². The van der Waals surface area contributed by atoms with E-state index in [-0.39, 0.29) is 24.8 Å². The molecular formula is C8H11N3O2. The number of amides is 1. The van der Waals surface area contributed by atoms with Crippen molar-refractivity contribution in [3.8, 4) is 0 Å². The Labute approximate surface area is 75.3 Å². The maximum Gasteiger partial charge on any atom is 0.234 e. The van der Waals surface area contributed by atoms with Gasteiger partial charge in [0.2, 0.25) is 5.91 Å². The van der Waals surface area contributed by atoms with Gasteiger partial charge in [-0.15, -0.1) is 0 Å². The molecule has 70 valence electrons. The number of carbonyl (C=O) groups is 2. The Morgan fingerprint density at radius 2 is 2.31 bits per heavy atom. The SMILES string of the molecule is NCC(=O)NCC(=O)c1ccc[nH]1. The highest BCUT2D eigenvalue weighted by atomic mass is 16.2. The number of hydrogen-bond acceptors (Lipinski definition) is 3. The van der Waals surface area contributed by atoms with Crippen molar-refractivity contribution in [1.29, 1.82) is 0 Å². The average Bonchev–Trinajstić information content (AvgIpc) is 2.66. The van der Waals surface area contributed by atoms with Gasteiger partial charge in [-0.2, -0.15) is 0 Å². The van der Waals surface area contributed by atoms with Crippen molar-refractivity contribution >= 4 is 11.7 Å². The second kappa shape index (κ2) is 4.42. The average molecular weight is 181 g/mol. The molecule has 0 aromatic carbocycles. The molecule has 0 fully saturated rings. The first-order valence-electron chi connectivity index (χ1n) is 3.87. The van der Waals surface area contributed by atoms with Crippen molar-refractivity contribution in [2.24, 2.45) is 5.73 Å². The lowest BCUT2D eigenvalue weighted by molar-refractivity contribution is -0.119. The van der Waals surface area contributed by atoms with Crippen LogP contribution in [0.3, 0.4) is 0 Å². The van der Waals surface area contributed by atoms with Crippen molar-refractivity contribution in [2.45, 2.75) is 0 Å². The topological polar surface area (TPSA) is 88.0 Å². The minimum absolute atomic E-state index is 0.0173. The van der Waals surface area contributed by atoms with Gasteiger partial charge in [0.1, 0.15) is 0 Å². The normalized spacial score (nSPS) is 9.62. The zero-order chi connectivity index (χ0) is 9.68. The summed E-state index contributed by atoms with van der Waals surface area (Å²) in [6.45, 7) is -0.117. The molecule has 5 nitrogen and oxygen atoms in total. The first-order chi connectivity index (χ1) is 6.24. The highest BCUT2D eigenvalue weighted by Crippen LogP contribution is 1.94. The van der Waals surface area contributed by atoms with Crippen LogP contribution in [0.2, 0.25) is 0 Å². The summed E-state index contributed by atoms with van der Waals surface area (Å²) in [5, 5.41) is 2.39. The van der Waals surface area contributed by atoms with Crippen molar-refractivity contribution < 1.29 is 9.59 Å². The number of carbonyl (C=O) groups excluding carboxylic acids is 2. The van der Waals surface area contributed by atoms with Gasteiger partial charge in [0, 0.05) is 6.20 Å². The Kier molecular flexibility index (Phi) is 3.22. The summed E-state index contributed by atoms with van der Waals surface area (Å²) in [5.41, 5.74) is 5.53. The van der Waals surface area contributed by atoms with Gasteiger partial charge in [0.15, 0.2) is 5.78 Å². The fraction of sp³-hybridized carbons (Fsp3) is 0.250. The third-order valence-electron chi connectivity index (χ3n) is 1.53. The van der Waals surface area contributed by atoms with E-state index >= 15 is 0 Å². The Balaban J connectivity index is 2.39. The Morgan fingerprint density at radius 3 is 2.85 bits per heavy atom. The molecule has 5 heteroatoms. The van der Waals surface area contributed by atoms with Gasteiger partial charge in [-0.1, -0.05) is 0 Å². The number of hydrogen-bond donors (Lipinski definition) is 3. The molecule has 1 aromatic heterocycles. The zero-order valence-electron chi connectivity index (χ0n) is 7.04. The molecule has 0 aliphatic carbocycles. The summed E-state index contributed by atoms with van der Waals surface area (Å²) in [5.74, 6) is -0.494. The van der Waals surface area contributed by atoms with Crippen LogP contribution in [0.4, 0.5) is 0 Å². The van der Waals surface area contributed by atoms with Crippen LogP contribution < -0.4 is 11.1 Å². The first kappa shape index (κ1) is 9.47. The van der Waals surface area contributed by atoms with Gasteiger partial charge in [0.05, 0.1) is 18.8 Å². The standard InChI is InChI=1S/C8H11N3O2/c9-4-8(13)11-5-7(12)6-2-1-3-10-6/h1-3,10H,4-5,9H2,(H,11,13). The quantitative estimate of drug-likeness (QED) is 0.535. The second-order valence-corrected chi connectivity index (χ2v) is 2.49. The van der Waals surface area contributed by atoms with E-state index < -0.39 is 0 Å². The van der Waals surface area contributed by atoms with Gasteiger partial charge in [-0.3, -0.25) is 9.59 Å². The third kappa shape index (κ3) is 2.72. The van der Waals surface area contributed by atoms with Crippen LogP contribution in [0.15, 0.2) is 18.3 Å². The molecular weight excluding hydrogens is 170 g/mol. The van der Waals surface area contributed by atoms with E-state index in [1.807, 2.05) is 0 Å². The molecule has 1 heterocycles. The molecule has 4 N–H and O–H groups in total. The van der Waals surface area contributed by atoms with Crippen molar-refractivity contribution in [2.75, 3.05) is 13.1 Å². The number of aromatic amines is 1. The van der Waals surface area contributed by atoms with E-state index in [0.717, 1.165) is 0 Å². The number of ketones is 1. The molecule has 0 saturated carbocycles. The summed E-state index contributed by atoms with van der Waals surface area (Å²) >= 11 is 0. The zero-order valence-corrected chi connectivity index (χ0v) is 7.04. The van der Waals surface area contributed by atoms with E-state index in [4.69, 9.17) is 5.73 Å². The lowest BCUT2D eigenvalue weighted by Gasteiger charge is -2.00. The van der Waals surface area contributed by atoms with Crippen molar-refractivity contribution in [1.82, 2.24) is 10.3 Å². The van der Waals surface area contributed by atoms with Gasteiger partial charge < -0.3 is 16.0 Å². The third-order valence-corrected chi connectivity index (χ3v) is 1.53. The van der Waals surface area contributed by atoms with Crippen LogP contribution in [0.25, 0.3) is 0 Å². The molecule has 1 rings (SSSR count). The Bertz CT molecular complexity index is 292. The second-order valence-electron chi connectivity index (χ2n) is 2.49. The summed E-state index contributed by atoms with van der Waals surface area (Å²) in [4.78, 5) is 24.7. The molecule has 0 radical (unpaired) electrons. The van der Waals surface area contributed by atoms with Gasteiger partial charge in [-0.05, 0) is 12.1 Å². The Morgan fingerprint density at radius 1 is 1.54 bits per heavy atom. The number of Topliss-reactive ketones (excluding diaryl/α,β-unsaturated/α-hetero) is 1. The molecule has 1 amide bonds. The Hall–Kier alpha value is -1.62. The summed E-state index contributed by atoms with van der Waals surface area (Å²) in [6.07, 6.45) is 1.65. The van der Waals surface area contributed by atoms with E-state index in [2.05, 4.69) is 10.3 Å². The van der Waals surface area contributed by atoms with Crippen LogP contribution in [0, 0.1) is 0 Å². The lowest BCUT2D eigenvalue weighted by Crippen LogP contribution is -2.34. The number of nitrogens with one attached hydrogen (secondary N) is 2. The van der Waals surface area contributed by atoms with Crippen molar-refractivity contribution in [3.63, 3.8) is 0 Å². The van der Waals surface area contributed by atoms with Crippen LogP contribution >= 0.6 is 0 Å². The minimum Gasteiger partial charge on any atom is -0.359 e. The van der Waals surface area contributed by atoms with Gasteiger partial charge >= 0.3 is 0 Å². The van der Waals surface area contributed by atoms with E-state index in [1.165, 1.54) is 0 Å². The monoisotopic (exact) mass is 181 g/mol. The van der Waals surface area contributed by atoms with E-state index in [0.29, 0.717) is 5.69 Å². The molecule has 0 aliphatic heterocycles. The highest BCUT2D eigenvalue weighted by Gasteiger charge is 2.06. The molecule has 0 aliphatic rings.